The van der Waals surface area contributed by atoms with E-state index in [1.54, 1.807) is 0 Å². The van der Waals surface area contributed by atoms with E-state index in [1.165, 1.54) is 0 Å². The van der Waals surface area contributed by atoms with Gasteiger partial charge in [0.25, 0.3) is 0 Å². The van der Waals surface area contributed by atoms with Crippen molar-refractivity contribution in [3.8, 4) is 6.07 Å². The second kappa shape index (κ2) is 5.59. The van der Waals surface area contributed by atoms with Crippen molar-refractivity contribution in [3.05, 3.63) is 64.5 Å². The van der Waals surface area contributed by atoms with Crippen LogP contribution >= 0.6 is 11.6 Å². The molecule has 0 aliphatic rings. The van der Waals surface area contributed by atoms with Crippen LogP contribution in [0.5, 0.6) is 0 Å². The molecule has 1 atom stereocenters. The predicted octanol–water partition coefficient (Wildman–Crippen LogP) is 4.70. The third-order valence-corrected chi connectivity index (χ3v) is 3.67. The molecule has 104 valence electrons. The van der Waals surface area contributed by atoms with Gasteiger partial charge >= 0.3 is 0 Å². The lowest BCUT2D eigenvalue weighted by atomic mass is 10.0. The maximum atomic E-state index is 8.98. The van der Waals surface area contributed by atoms with Gasteiger partial charge in [-0.3, -0.25) is 0 Å². The molecule has 0 amide bonds. The van der Waals surface area contributed by atoms with Gasteiger partial charge < -0.3 is 4.42 Å². The van der Waals surface area contributed by atoms with E-state index in [2.05, 4.69) is 11.1 Å². The highest BCUT2D eigenvalue weighted by Gasteiger charge is 2.10. The summed E-state index contributed by atoms with van der Waals surface area (Å²) in [5, 5.41) is 9.69. The molecule has 3 aromatic rings. The molecule has 1 heterocycles. The average molecular weight is 297 g/mol. The molecule has 0 radical (unpaired) electrons. The minimum Gasteiger partial charge on any atom is -0.440 e. The summed E-state index contributed by atoms with van der Waals surface area (Å²) in [5.41, 5.74) is 3.57. The standard InChI is InChI=1S/C17H13ClN2O/c1-11(10-19)13-4-7-15-16(9-13)21-17(20-15)8-12-2-5-14(18)6-3-12/h2-7,9,11H,8H2,1H3. The molecule has 0 bridgehead atoms. The molecule has 0 aliphatic carbocycles. The molecule has 21 heavy (non-hydrogen) atoms. The molecule has 0 spiro atoms. The van der Waals surface area contributed by atoms with Gasteiger partial charge in [-0.2, -0.15) is 5.26 Å². The van der Waals surface area contributed by atoms with Crippen LogP contribution in [-0.2, 0) is 6.42 Å². The lowest BCUT2D eigenvalue weighted by Crippen LogP contribution is -1.88. The van der Waals surface area contributed by atoms with Gasteiger partial charge in [0.1, 0.15) is 5.52 Å². The maximum Gasteiger partial charge on any atom is 0.199 e. The Labute approximate surface area is 127 Å². The number of fused-ring (bicyclic) bond motifs is 1. The summed E-state index contributed by atoms with van der Waals surface area (Å²) >= 11 is 5.87. The van der Waals surface area contributed by atoms with Gasteiger partial charge in [-0.15, -0.1) is 0 Å². The van der Waals surface area contributed by atoms with Crippen molar-refractivity contribution < 1.29 is 4.42 Å². The molecule has 2 aromatic carbocycles. The third kappa shape index (κ3) is 2.91. The minimum absolute atomic E-state index is 0.154. The number of benzene rings is 2. The lowest BCUT2D eigenvalue weighted by Gasteiger charge is -2.00. The molecular weight excluding hydrogens is 284 g/mol. The molecule has 0 saturated carbocycles. The number of nitrogens with zero attached hydrogens (tertiary/aromatic N) is 2. The number of rotatable bonds is 3. The lowest BCUT2D eigenvalue weighted by molar-refractivity contribution is 0.543. The fourth-order valence-corrected chi connectivity index (χ4v) is 2.31. The second-order valence-electron chi connectivity index (χ2n) is 4.99. The van der Waals surface area contributed by atoms with E-state index in [1.807, 2.05) is 49.4 Å². The highest BCUT2D eigenvalue weighted by atomic mass is 35.5. The fraction of sp³-hybridized carbons (Fsp3) is 0.176. The first-order valence-electron chi connectivity index (χ1n) is 6.69. The van der Waals surface area contributed by atoms with Crippen LogP contribution in [0.25, 0.3) is 11.1 Å². The van der Waals surface area contributed by atoms with Crippen molar-refractivity contribution in [2.24, 2.45) is 0 Å². The van der Waals surface area contributed by atoms with Crippen molar-refractivity contribution in [2.75, 3.05) is 0 Å². The van der Waals surface area contributed by atoms with Crippen LogP contribution in [0.15, 0.2) is 46.9 Å². The monoisotopic (exact) mass is 296 g/mol. The summed E-state index contributed by atoms with van der Waals surface area (Å²) in [6.45, 7) is 1.87. The first-order chi connectivity index (χ1) is 10.2. The molecule has 1 unspecified atom stereocenters. The quantitative estimate of drug-likeness (QED) is 0.704. The summed E-state index contributed by atoms with van der Waals surface area (Å²) < 4.78 is 5.78. The second-order valence-corrected chi connectivity index (χ2v) is 5.43. The van der Waals surface area contributed by atoms with E-state index < -0.39 is 0 Å². The van der Waals surface area contributed by atoms with Crippen molar-refractivity contribution >= 4 is 22.7 Å². The Kier molecular flexibility index (Phi) is 3.64. The molecule has 0 aliphatic heterocycles. The van der Waals surface area contributed by atoms with Crippen molar-refractivity contribution in [3.63, 3.8) is 0 Å². The summed E-state index contributed by atoms with van der Waals surface area (Å²) in [5.74, 6) is 0.508. The van der Waals surface area contributed by atoms with E-state index in [-0.39, 0.29) is 5.92 Å². The summed E-state index contributed by atoms with van der Waals surface area (Å²) in [4.78, 5) is 4.47. The van der Waals surface area contributed by atoms with Crippen LogP contribution in [0.3, 0.4) is 0 Å². The number of hydrogen-bond acceptors (Lipinski definition) is 3. The Morgan fingerprint density at radius 2 is 2.00 bits per heavy atom. The van der Waals surface area contributed by atoms with Gasteiger partial charge in [0.05, 0.1) is 12.0 Å². The van der Waals surface area contributed by atoms with Crippen LogP contribution in [0, 0.1) is 11.3 Å². The van der Waals surface area contributed by atoms with E-state index in [0.717, 1.165) is 22.2 Å². The Morgan fingerprint density at radius 1 is 1.24 bits per heavy atom. The fourth-order valence-electron chi connectivity index (χ4n) is 2.19. The maximum absolute atomic E-state index is 8.98. The molecule has 1 aromatic heterocycles. The van der Waals surface area contributed by atoms with Crippen LogP contribution in [0.1, 0.15) is 29.9 Å². The number of hydrogen-bond donors (Lipinski definition) is 0. The predicted molar refractivity (Wildman–Crippen MR) is 82.3 cm³/mol. The van der Waals surface area contributed by atoms with E-state index in [0.29, 0.717) is 17.3 Å². The smallest absolute Gasteiger partial charge is 0.199 e. The molecule has 3 rings (SSSR count). The zero-order valence-electron chi connectivity index (χ0n) is 11.5. The molecule has 3 nitrogen and oxygen atoms in total. The average Bonchev–Trinajstić information content (AvgIpc) is 2.90. The zero-order valence-corrected chi connectivity index (χ0v) is 12.3. The summed E-state index contributed by atoms with van der Waals surface area (Å²) in [6, 6.07) is 15.6. The topological polar surface area (TPSA) is 49.8 Å². The van der Waals surface area contributed by atoms with Gasteiger partial charge in [0, 0.05) is 11.4 Å². The molecular formula is C17H13ClN2O. The SMILES string of the molecule is CC(C#N)c1ccc2nc(Cc3ccc(Cl)cc3)oc2c1. The van der Waals surface area contributed by atoms with Gasteiger partial charge in [-0.1, -0.05) is 29.8 Å². The Morgan fingerprint density at radius 3 is 2.71 bits per heavy atom. The molecule has 0 N–H and O–H groups in total. The molecule has 0 saturated heterocycles. The number of halogens is 1. The minimum atomic E-state index is -0.154. The van der Waals surface area contributed by atoms with Crippen molar-refractivity contribution in [1.29, 1.82) is 5.26 Å². The normalized spacial score (nSPS) is 12.2. The summed E-state index contributed by atoms with van der Waals surface area (Å²) in [7, 11) is 0. The van der Waals surface area contributed by atoms with Crippen LogP contribution in [0.4, 0.5) is 0 Å². The van der Waals surface area contributed by atoms with Crippen molar-refractivity contribution in [2.45, 2.75) is 19.3 Å². The highest BCUT2D eigenvalue weighted by Crippen LogP contribution is 2.23. The van der Waals surface area contributed by atoms with E-state index >= 15 is 0 Å². The van der Waals surface area contributed by atoms with Crippen LogP contribution < -0.4 is 0 Å². The Bertz CT molecular complexity index is 815. The van der Waals surface area contributed by atoms with Gasteiger partial charge in [0.15, 0.2) is 11.5 Å². The van der Waals surface area contributed by atoms with E-state index in [4.69, 9.17) is 21.3 Å². The van der Waals surface area contributed by atoms with Crippen LogP contribution in [0.2, 0.25) is 5.02 Å². The van der Waals surface area contributed by atoms with Crippen LogP contribution in [-0.4, -0.2) is 4.98 Å². The number of nitriles is 1. The van der Waals surface area contributed by atoms with E-state index in [9.17, 15) is 0 Å². The highest BCUT2D eigenvalue weighted by molar-refractivity contribution is 6.30. The Balaban J connectivity index is 1.90. The third-order valence-electron chi connectivity index (χ3n) is 3.42. The summed E-state index contributed by atoms with van der Waals surface area (Å²) in [6.07, 6.45) is 0.620. The largest absolute Gasteiger partial charge is 0.440 e. The van der Waals surface area contributed by atoms with Crippen molar-refractivity contribution in [1.82, 2.24) is 4.98 Å². The number of oxazole rings is 1. The van der Waals surface area contributed by atoms with Gasteiger partial charge in [-0.05, 0) is 42.3 Å². The first kappa shape index (κ1) is 13.7. The molecule has 4 heteroatoms. The molecule has 0 fully saturated rings. The van der Waals surface area contributed by atoms with Gasteiger partial charge in [0.2, 0.25) is 0 Å². The number of aromatic nitrogens is 1. The first-order valence-corrected chi connectivity index (χ1v) is 7.07. The zero-order chi connectivity index (χ0) is 14.8. The van der Waals surface area contributed by atoms with Gasteiger partial charge in [-0.25, -0.2) is 4.98 Å². The Hall–Kier alpha value is -2.31.